The van der Waals surface area contributed by atoms with E-state index in [0.29, 0.717) is 43.9 Å². The maximum atomic E-state index is 12.6. The third-order valence-corrected chi connectivity index (χ3v) is 7.17. The van der Waals surface area contributed by atoms with Gasteiger partial charge in [0.1, 0.15) is 0 Å². The van der Waals surface area contributed by atoms with Crippen LogP contribution in [0.2, 0.25) is 0 Å². The normalized spacial score (nSPS) is 16.4. The summed E-state index contributed by atoms with van der Waals surface area (Å²) < 4.78 is 11.1. The first kappa shape index (κ1) is 26.0. The molecule has 4 rings (SSSR count). The van der Waals surface area contributed by atoms with Gasteiger partial charge in [-0.3, -0.25) is 9.59 Å². The van der Waals surface area contributed by atoms with Crippen molar-refractivity contribution in [2.45, 2.75) is 32.7 Å². The third-order valence-electron chi connectivity index (χ3n) is 6.23. The first-order valence-electron chi connectivity index (χ1n) is 12.4. The lowest BCUT2D eigenvalue weighted by Crippen LogP contribution is -2.34. The van der Waals surface area contributed by atoms with E-state index in [1.165, 1.54) is 5.01 Å². The zero-order chi connectivity index (χ0) is 25.3. The molecule has 2 heterocycles. The van der Waals surface area contributed by atoms with Crippen LogP contribution in [0.15, 0.2) is 47.6 Å². The Hall–Kier alpha value is -3.04. The maximum Gasteiger partial charge on any atom is 0.243 e. The highest BCUT2D eigenvalue weighted by Gasteiger charge is 2.22. The van der Waals surface area contributed by atoms with Crippen molar-refractivity contribution in [3.63, 3.8) is 0 Å². The minimum atomic E-state index is -0.00853. The van der Waals surface area contributed by atoms with Gasteiger partial charge in [0.15, 0.2) is 11.5 Å². The van der Waals surface area contributed by atoms with E-state index in [1.54, 1.807) is 7.11 Å². The van der Waals surface area contributed by atoms with Crippen LogP contribution in [0.25, 0.3) is 0 Å². The SMILES string of the molecule is CCOc1cc(C2=NN(Cc3ccc(NC(=O)CCN4CCSCC4)cc3)C(=O)CC2)ccc1OC. The number of hydrogen-bond donors (Lipinski definition) is 1. The van der Waals surface area contributed by atoms with Gasteiger partial charge in [-0.1, -0.05) is 12.1 Å². The van der Waals surface area contributed by atoms with Gasteiger partial charge >= 0.3 is 0 Å². The average Bonchev–Trinajstić information content (AvgIpc) is 2.90. The zero-order valence-corrected chi connectivity index (χ0v) is 21.8. The first-order chi connectivity index (χ1) is 17.6. The minimum absolute atomic E-state index is 0.00853. The lowest BCUT2D eigenvalue weighted by atomic mass is 10.0. The number of anilines is 1. The van der Waals surface area contributed by atoms with E-state index in [9.17, 15) is 9.59 Å². The highest BCUT2D eigenvalue weighted by molar-refractivity contribution is 7.99. The van der Waals surface area contributed by atoms with Crippen LogP contribution in [0.4, 0.5) is 5.69 Å². The second kappa shape index (κ2) is 12.8. The second-order valence-electron chi connectivity index (χ2n) is 8.75. The highest BCUT2D eigenvalue weighted by atomic mass is 32.2. The van der Waals surface area contributed by atoms with Crippen molar-refractivity contribution in [1.82, 2.24) is 9.91 Å². The number of methoxy groups -OCH3 is 1. The van der Waals surface area contributed by atoms with Crippen molar-refractivity contribution in [3.8, 4) is 11.5 Å². The van der Waals surface area contributed by atoms with Crippen molar-refractivity contribution >= 4 is 35.0 Å². The number of carbonyl (C=O) groups is 2. The summed E-state index contributed by atoms with van der Waals surface area (Å²) in [5, 5.41) is 9.15. The number of amides is 2. The molecule has 1 saturated heterocycles. The molecule has 36 heavy (non-hydrogen) atoms. The lowest BCUT2D eigenvalue weighted by molar-refractivity contribution is -0.132. The van der Waals surface area contributed by atoms with E-state index in [1.807, 2.05) is 61.2 Å². The van der Waals surface area contributed by atoms with Gasteiger partial charge in [0.2, 0.25) is 11.8 Å². The molecule has 0 aliphatic carbocycles. The fourth-order valence-electron chi connectivity index (χ4n) is 4.23. The highest BCUT2D eigenvalue weighted by Crippen LogP contribution is 2.30. The number of carbonyl (C=O) groups excluding carboxylic acids is 2. The predicted molar refractivity (Wildman–Crippen MR) is 144 cm³/mol. The summed E-state index contributed by atoms with van der Waals surface area (Å²) in [5.74, 6) is 3.63. The molecule has 1 N–H and O–H groups in total. The number of ether oxygens (including phenoxy) is 2. The number of nitrogens with one attached hydrogen (secondary N) is 1. The largest absolute Gasteiger partial charge is 0.493 e. The molecule has 2 aliphatic rings. The molecule has 2 aromatic carbocycles. The van der Waals surface area contributed by atoms with Crippen molar-refractivity contribution in [1.29, 1.82) is 0 Å². The number of hydrazone groups is 1. The molecule has 0 bridgehead atoms. The zero-order valence-electron chi connectivity index (χ0n) is 21.0. The van der Waals surface area contributed by atoms with Gasteiger partial charge < -0.3 is 19.7 Å². The van der Waals surface area contributed by atoms with Crippen LogP contribution < -0.4 is 14.8 Å². The molecule has 2 aromatic rings. The van der Waals surface area contributed by atoms with E-state index in [2.05, 4.69) is 15.3 Å². The Morgan fingerprint density at radius 3 is 2.58 bits per heavy atom. The van der Waals surface area contributed by atoms with E-state index >= 15 is 0 Å². The number of benzene rings is 2. The van der Waals surface area contributed by atoms with Crippen LogP contribution in [0.3, 0.4) is 0 Å². The number of hydrogen-bond acceptors (Lipinski definition) is 7. The summed E-state index contributed by atoms with van der Waals surface area (Å²) in [4.78, 5) is 27.3. The smallest absolute Gasteiger partial charge is 0.243 e. The average molecular weight is 511 g/mol. The van der Waals surface area contributed by atoms with Crippen molar-refractivity contribution in [2.24, 2.45) is 5.10 Å². The molecule has 2 amide bonds. The summed E-state index contributed by atoms with van der Waals surface area (Å²) in [6.07, 6.45) is 1.47. The quantitative estimate of drug-likeness (QED) is 0.520. The molecule has 2 aliphatic heterocycles. The molecule has 0 unspecified atom stereocenters. The van der Waals surface area contributed by atoms with Crippen LogP contribution in [-0.2, 0) is 16.1 Å². The molecule has 0 radical (unpaired) electrons. The minimum Gasteiger partial charge on any atom is -0.493 e. The van der Waals surface area contributed by atoms with Gasteiger partial charge in [-0.05, 0) is 42.8 Å². The Kier molecular flexibility index (Phi) is 9.24. The predicted octanol–water partition coefficient (Wildman–Crippen LogP) is 4.00. The van der Waals surface area contributed by atoms with Gasteiger partial charge in [0.05, 0.1) is 26.0 Å². The van der Waals surface area contributed by atoms with E-state index in [-0.39, 0.29) is 11.8 Å². The van der Waals surface area contributed by atoms with Gasteiger partial charge in [0.25, 0.3) is 0 Å². The molecular weight excluding hydrogens is 476 g/mol. The Balaban J connectivity index is 1.36. The monoisotopic (exact) mass is 510 g/mol. The van der Waals surface area contributed by atoms with Crippen molar-refractivity contribution in [2.75, 3.05) is 50.2 Å². The first-order valence-corrected chi connectivity index (χ1v) is 13.6. The van der Waals surface area contributed by atoms with Crippen LogP contribution in [0, 0.1) is 0 Å². The molecule has 0 spiro atoms. The number of nitrogens with zero attached hydrogens (tertiary/aromatic N) is 3. The number of rotatable bonds is 10. The van der Waals surface area contributed by atoms with E-state index in [4.69, 9.17) is 9.47 Å². The van der Waals surface area contributed by atoms with Gasteiger partial charge in [-0.2, -0.15) is 16.9 Å². The molecule has 0 atom stereocenters. The van der Waals surface area contributed by atoms with Gasteiger partial charge in [0, 0.05) is 61.7 Å². The standard InChI is InChI=1S/C27H34N4O4S/c1-3-35-25-18-21(6-10-24(25)34-2)23-9-11-27(33)31(29-23)19-20-4-7-22(8-5-20)28-26(32)12-13-30-14-16-36-17-15-30/h4-8,10,18H,3,9,11-17,19H2,1-2H3,(H,28,32). The molecule has 0 saturated carbocycles. The number of thioether (sulfide) groups is 1. The van der Waals surface area contributed by atoms with Crippen LogP contribution in [0.1, 0.15) is 37.3 Å². The Morgan fingerprint density at radius 2 is 1.86 bits per heavy atom. The molecule has 1 fully saturated rings. The summed E-state index contributed by atoms with van der Waals surface area (Å²) in [7, 11) is 1.61. The van der Waals surface area contributed by atoms with Crippen LogP contribution in [-0.4, -0.2) is 72.3 Å². The fourth-order valence-corrected chi connectivity index (χ4v) is 5.21. The van der Waals surface area contributed by atoms with E-state index in [0.717, 1.165) is 53.7 Å². The van der Waals surface area contributed by atoms with Crippen LogP contribution in [0.5, 0.6) is 11.5 Å². The molecule has 9 heteroatoms. The Labute approximate surface area is 217 Å². The van der Waals surface area contributed by atoms with E-state index < -0.39 is 0 Å². The van der Waals surface area contributed by atoms with Gasteiger partial charge in [-0.15, -0.1) is 0 Å². The molecular formula is C27H34N4O4S. The summed E-state index contributed by atoms with van der Waals surface area (Å²) >= 11 is 1.97. The van der Waals surface area contributed by atoms with Crippen molar-refractivity contribution < 1.29 is 19.1 Å². The lowest BCUT2D eigenvalue weighted by Gasteiger charge is -2.25. The molecule has 192 valence electrons. The fraction of sp³-hybridized carbons (Fsp3) is 0.444. The summed E-state index contributed by atoms with van der Waals surface area (Å²) in [6, 6.07) is 13.3. The maximum absolute atomic E-state index is 12.6. The Bertz CT molecular complexity index is 1080. The molecule has 0 aromatic heterocycles. The van der Waals surface area contributed by atoms with Crippen molar-refractivity contribution in [3.05, 3.63) is 53.6 Å². The van der Waals surface area contributed by atoms with Gasteiger partial charge in [-0.25, -0.2) is 5.01 Å². The summed E-state index contributed by atoms with van der Waals surface area (Å²) in [6.45, 7) is 5.73. The Morgan fingerprint density at radius 1 is 1.08 bits per heavy atom. The summed E-state index contributed by atoms with van der Waals surface area (Å²) in [5.41, 5.74) is 3.46. The molecule has 8 nitrogen and oxygen atoms in total. The second-order valence-corrected chi connectivity index (χ2v) is 9.97. The third kappa shape index (κ3) is 7.01. The topological polar surface area (TPSA) is 83.5 Å². The van der Waals surface area contributed by atoms with Crippen LogP contribution >= 0.6 is 11.8 Å².